The van der Waals surface area contributed by atoms with Crippen molar-refractivity contribution in [3.8, 4) is 0 Å². The normalized spacial score (nSPS) is 24.9. The number of amides is 1. The smallest absolute Gasteiger partial charge is 0.220 e. The molecule has 1 aliphatic heterocycles. The van der Waals surface area contributed by atoms with Crippen LogP contribution in [0.5, 0.6) is 0 Å². The van der Waals surface area contributed by atoms with Crippen molar-refractivity contribution in [3.63, 3.8) is 0 Å². The summed E-state index contributed by atoms with van der Waals surface area (Å²) < 4.78 is 5.17. The highest BCUT2D eigenvalue weighted by Crippen LogP contribution is 2.08. The lowest BCUT2D eigenvalue weighted by Crippen LogP contribution is -2.15. The largest absolute Gasteiger partial charge is 0.381 e. The third-order valence-corrected chi connectivity index (χ3v) is 1.62. The molecule has 1 rings (SSSR count). The van der Waals surface area contributed by atoms with Gasteiger partial charge in [-0.2, -0.15) is 0 Å². The first-order valence-electron chi connectivity index (χ1n) is 3.67. The topological polar surface area (TPSA) is 38.3 Å². The Morgan fingerprint density at radius 2 is 2.60 bits per heavy atom. The Morgan fingerprint density at radius 3 is 3.10 bits per heavy atom. The molecule has 1 saturated heterocycles. The van der Waals surface area contributed by atoms with Crippen LogP contribution in [0.4, 0.5) is 0 Å². The fraction of sp³-hybridized carbons (Fsp3) is 0.857. The van der Waals surface area contributed by atoms with Gasteiger partial charge in [-0.15, -0.1) is 0 Å². The van der Waals surface area contributed by atoms with Crippen molar-refractivity contribution in [1.29, 1.82) is 0 Å². The average molecular weight is 143 g/mol. The van der Waals surface area contributed by atoms with Gasteiger partial charge < -0.3 is 10.1 Å². The SMILES string of the molecule is CCOCC1CNC(=O)C1. The van der Waals surface area contributed by atoms with E-state index in [1.54, 1.807) is 0 Å². The fourth-order valence-corrected chi connectivity index (χ4v) is 1.07. The summed E-state index contributed by atoms with van der Waals surface area (Å²) >= 11 is 0. The molecule has 0 aliphatic carbocycles. The number of carbonyl (C=O) groups excluding carboxylic acids is 1. The lowest BCUT2D eigenvalue weighted by molar-refractivity contribution is -0.119. The first-order valence-corrected chi connectivity index (χ1v) is 3.67. The minimum Gasteiger partial charge on any atom is -0.381 e. The molecule has 3 nitrogen and oxygen atoms in total. The molecule has 0 saturated carbocycles. The van der Waals surface area contributed by atoms with Gasteiger partial charge in [-0.05, 0) is 6.92 Å². The van der Waals surface area contributed by atoms with Crippen molar-refractivity contribution in [2.75, 3.05) is 19.8 Å². The maximum atomic E-state index is 10.6. The van der Waals surface area contributed by atoms with Crippen LogP contribution in [0, 0.1) is 5.92 Å². The van der Waals surface area contributed by atoms with Crippen molar-refractivity contribution in [3.05, 3.63) is 0 Å². The highest BCUT2D eigenvalue weighted by atomic mass is 16.5. The van der Waals surface area contributed by atoms with E-state index in [1.165, 1.54) is 0 Å². The predicted molar refractivity (Wildman–Crippen MR) is 37.6 cm³/mol. The van der Waals surface area contributed by atoms with Crippen molar-refractivity contribution in [2.45, 2.75) is 13.3 Å². The van der Waals surface area contributed by atoms with E-state index in [-0.39, 0.29) is 5.91 Å². The summed E-state index contributed by atoms with van der Waals surface area (Å²) in [6, 6.07) is 0. The van der Waals surface area contributed by atoms with Crippen LogP contribution in [0.15, 0.2) is 0 Å². The van der Waals surface area contributed by atoms with Crippen LogP contribution in [0.2, 0.25) is 0 Å². The summed E-state index contributed by atoms with van der Waals surface area (Å²) in [6.45, 7) is 4.21. The molecule has 0 radical (unpaired) electrons. The Kier molecular flexibility index (Phi) is 2.68. The molecule has 1 unspecified atom stereocenters. The molecule has 1 fully saturated rings. The molecule has 0 aromatic heterocycles. The molecule has 58 valence electrons. The van der Waals surface area contributed by atoms with Crippen molar-refractivity contribution >= 4 is 5.91 Å². The molecule has 0 aromatic rings. The monoisotopic (exact) mass is 143 g/mol. The molecule has 1 atom stereocenters. The highest BCUT2D eigenvalue weighted by molar-refractivity contribution is 5.78. The van der Waals surface area contributed by atoms with Gasteiger partial charge in [-0.3, -0.25) is 4.79 Å². The molecular formula is C7H13NO2. The van der Waals surface area contributed by atoms with Crippen LogP contribution >= 0.6 is 0 Å². The van der Waals surface area contributed by atoms with Gasteiger partial charge in [0.1, 0.15) is 0 Å². The fourth-order valence-electron chi connectivity index (χ4n) is 1.07. The average Bonchev–Trinajstić information content (AvgIpc) is 2.31. The van der Waals surface area contributed by atoms with E-state index in [1.807, 2.05) is 6.92 Å². The predicted octanol–water partition coefficient (Wildman–Crippen LogP) is 0.159. The summed E-state index contributed by atoms with van der Waals surface area (Å²) in [7, 11) is 0. The Bertz CT molecular complexity index is 125. The van der Waals surface area contributed by atoms with Gasteiger partial charge in [0, 0.05) is 25.5 Å². The van der Waals surface area contributed by atoms with Crippen molar-refractivity contribution in [1.82, 2.24) is 5.32 Å². The number of nitrogens with one attached hydrogen (secondary N) is 1. The molecule has 1 heterocycles. The third kappa shape index (κ3) is 1.99. The van der Waals surface area contributed by atoms with Gasteiger partial charge in [0.2, 0.25) is 5.91 Å². The van der Waals surface area contributed by atoms with E-state index < -0.39 is 0 Å². The van der Waals surface area contributed by atoms with Gasteiger partial charge in [0.15, 0.2) is 0 Å². The standard InChI is InChI=1S/C7H13NO2/c1-2-10-5-6-3-7(9)8-4-6/h6H,2-5H2,1H3,(H,8,9). The van der Waals surface area contributed by atoms with Crippen LogP contribution in [0.25, 0.3) is 0 Å². The van der Waals surface area contributed by atoms with Crippen LogP contribution in [0.3, 0.4) is 0 Å². The molecule has 0 aromatic carbocycles. The zero-order valence-electron chi connectivity index (χ0n) is 6.22. The Balaban J connectivity index is 2.12. The Morgan fingerprint density at radius 1 is 1.80 bits per heavy atom. The molecule has 3 heteroatoms. The number of ether oxygens (including phenoxy) is 1. The molecule has 1 aliphatic rings. The second kappa shape index (κ2) is 3.56. The number of hydrogen-bond donors (Lipinski definition) is 1. The van der Waals surface area contributed by atoms with Gasteiger partial charge >= 0.3 is 0 Å². The molecule has 1 amide bonds. The third-order valence-electron chi connectivity index (χ3n) is 1.62. The van der Waals surface area contributed by atoms with Gasteiger partial charge in [-0.25, -0.2) is 0 Å². The molecule has 0 bridgehead atoms. The first kappa shape index (κ1) is 7.54. The maximum absolute atomic E-state index is 10.6. The summed E-state index contributed by atoms with van der Waals surface area (Å²) in [5, 5.41) is 2.76. The quantitative estimate of drug-likeness (QED) is 0.611. The summed E-state index contributed by atoms with van der Waals surface area (Å²) in [5.74, 6) is 0.567. The minimum absolute atomic E-state index is 0.157. The highest BCUT2D eigenvalue weighted by Gasteiger charge is 2.20. The van der Waals surface area contributed by atoms with E-state index in [4.69, 9.17) is 4.74 Å². The van der Waals surface area contributed by atoms with Crippen LogP contribution in [-0.4, -0.2) is 25.7 Å². The Labute approximate surface area is 60.7 Å². The lowest BCUT2D eigenvalue weighted by Gasteiger charge is -2.04. The van der Waals surface area contributed by atoms with E-state index in [2.05, 4.69) is 5.32 Å². The number of rotatable bonds is 3. The zero-order chi connectivity index (χ0) is 7.40. The summed E-state index contributed by atoms with van der Waals surface area (Å²) in [6.07, 6.45) is 0.639. The summed E-state index contributed by atoms with van der Waals surface area (Å²) in [4.78, 5) is 10.6. The van der Waals surface area contributed by atoms with Crippen molar-refractivity contribution in [2.24, 2.45) is 5.92 Å². The van der Waals surface area contributed by atoms with Gasteiger partial charge in [0.25, 0.3) is 0 Å². The van der Waals surface area contributed by atoms with Gasteiger partial charge in [-0.1, -0.05) is 0 Å². The molecule has 1 N–H and O–H groups in total. The second-order valence-corrected chi connectivity index (χ2v) is 2.53. The maximum Gasteiger partial charge on any atom is 0.220 e. The van der Waals surface area contributed by atoms with Gasteiger partial charge in [0.05, 0.1) is 6.61 Å². The zero-order valence-corrected chi connectivity index (χ0v) is 6.22. The molecule has 0 spiro atoms. The first-order chi connectivity index (χ1) is 4.83. The number of hydrogen-bond acceptors (Lipinski definition) is 2. The minimum atomic E-state index is 0.157. The molecular weight excluding hydrogens is 130 g/mol. The lowest BCUT2D eigenvalue weighted by atomic mass is 10.1. The van der Waals surface area contributed by atoms with Crippen LogP contribution < -0.4 is 5.32 Å². The summed E-state index contributed by atoms with van der Waals surface area (Å²) in [5.41, 5.74) is 0. The van der Waals surface area contributed by atoms with Crippen LogP contribution in [0.1, 0.15) is 13.3 Å². The van der Waals surface area contributed by atoms with E-state index >= 15 is 0 Å². The van der Waals surface area contributed by atoms with E-state index in [0.717, 1.165) is 19.8 Å². The second-order valence-electron chi connectivity index (χ2n) is 2.53. The van der Waals surface area contributed by atoms with E-state index in [0.29, 0.717) is 12.3 Å². The van der Waals surface area contributed by atoms with E-state index in [9.17, 15) is 4.79 Å². The van der Waals surface area contributed by atoms with Crippen LogP contribution in [-0.2, 0) is 9.53 Å². The van der Waals surface area contributed by atoms with Crippen molar-refractivity contribution < 1.29 is 9.53 Å². The molecule has 10 heavy (non-hydrogen) atoms. The number of carbonyl (C=O) groups is 1. The Hall–Kier alpha value is -0.570.